The van der Waals surface area contributed by atoms with Gasteiger partial charge >= 0.3 is 0 Å². The molecule has 1 saturated carbocycles. The number of nitrogens with zero attached hydrogens (tertiary/aromatic N) is 1. The van der Waals surface area contributed by atoms with E-state index in [9.17, 15) is 13.5 Å². The van der Waals surface area contributed by atoms with Crippen molar-refractivity contribution in [2.75, 3.05) is 26.2 Å². The highest BCUT2D eigenvalue weighted by Crippen LogP contribution is 2.29. The molecule has 1 aliphatic carbocycles. The Kier molecular flexibility index (Phi) is 5.84. The molecule has 2 N–H and O–H groups in total. The number of hydrogen-bond acceptors (Lipinski definition) is 3. The van der Waals surface area contributed by atoms with Crippen molar-refractivity contribution in [3.05, 3.63) is 0 Å². The molecule has 0 radical (unpaired) electrons. The zero-order valence-electron chi connectivity index (χ0n) is 12.4. The predicted octanol–water partition coefficient (Wildman–Crippen LogP) is 1.35. The Morgan fingerprint density at radius 2 is 1.70 bits per heavy atom. The number of piperidine rings is 1. The Morgan fingerprint density at radius 1 is 1.10 bits per heavy atom. The van der Waals surface area contributed by atoms with Crippen LogP contribution in [0, 0.1) is 17.8 Å². The van der Waals surface area contributed by atoms with Crippen molar-refractivity contribution in [1.29, 1.82) is 0 Å². The molecule has 6 heteroatoms. The van der Waals surface area contributed by atoms with Crippen molar-refractivity contribution in [2.24, 2.45) is 17.8 Å². The molecule has 20 heavy (non-hydrogen) atoms. The smallest absolute Gasteiger partial charge is 0.279 e. The summed E-state index contributed by atoms with van der Waals surface area (Å²) >= 11 is 0. The Bertz CT molecular complexity index is 391. The molecular weight excluding hydrogens is 276 g/mol. The van der Waals surface area contributed by atoms with Crippen molar-refractivity contribution >= 4 is 10.2 Å². The van der Waals surface area contributed by atoms with E-state index in [2.05, 4.69) is 11.6 Å². The zero-order valence-corrected chi connectivity index (χ0v) is 13.2. The minimum absolute atomic E-state index is 0.174. The molecule has 1 aliphatic heterocycles. The summed E-state index contributed by atoms with van der Waals surface area (Å²) in [5.74, 6) is 1.17. The van der Waals surface area contributed by atoms with Crippen LogP contribution in [0.5, 0.6) is 0 Å². The van der Waals surface area contributed by atoms with Gasteiger partial charge in [-0.05, 0) is 43.4 Å². The van der Waals surface area contributed by atoms with Gasteiger partial charge in [-0.2, -0.15) is 12.7 Å². The third kappa shape index (κ3) is 4.16. The molecule has 2 rings (SSSR count). The topological polar surface area (TPSA) is 69.6 Å². The van der Waals surface area contributed by atoms with E-state index >= 15 is 0 Å². The van der Waals surface area contributed by atoms with Crippen molar-refractivity contribution in [2.45, 2.75) is 45.4 Å². The standard InChI is InChI=1S/C14H28N2O3S/c1-12-6-8-16(9-7-12)20(18,19)15-10-13-4-2-3-5-14(13)11-17/h12-15,17H,2-11H2,1H3. The zero-order chi connectivity index (χ0) is 14.6. The summed E-state index contributed by atoms with van der Waals surface area (Å²) < 4.78 is 28.9. The van der Waals surface area contributed by atoms with Gasteiger partial charge in [0.2, 0.25) is 0 Å². The molecule has 0 amide bonds. The van der Waals surface area contributed by atoms with Gasteiger partial charge in [0.1, 0.15) is 0 Å². The minimum atomic E-state index is -3.34. The largest absolute Gasteiger partial charge is 0.396 e. The highest BCUT2D eigenvalue weighted by molar-refractivity contribution is 7.87. The Morgan fingerprint density at radius 3 is 2.30 bits per heavy atom. The molecule has 2 aliphatic rings. The molecule has 1 saturated heterocycles. The van der Waals surface area contributed by atoms with Gasteiger partial charge in [-0.3, -0.25) is 0 Å². The molecule has 5 nitrogen and oxygen atoms in total. The maximum absolute atomic E-state index is 12.3. The fourth-order valence-electron chi connectivity index (χ4n) is 3.32. The third-order valence-corrected chi connectivity index (χ3v) is 6.49. The average Bonchev–Trinajstić information content (AvgIpc) is 2.46. The SMILES string of the molecule is CC1CCN(S(=O)(=O)NCC2CCCCC2CO)CC1. The van der Waals surface area contributed by atoms with E-state index in [0.29, 0.717) is 25.6 Å². The van der Waals surface area contributed by atoms with Crippen LogP contribution in [0.1, 0.15) is 45.4 Å². The number of hydrogen-bond donors (Lipinski definition) is 2. The number of aliphatic hydroxyl groups excluding tert-OH is 1. The summed E-state index contributed by atoms with van der Waals surface area (Å²) in [4.78, 5) is 0. The summed E-state index contributed by atoms with van der Waals surface area (Å²) in [6, 6.07) is 0. The van der Waals surface area contributed by atoms with Gasteiger partial charge in [0.25, 0.3) is 10.2 Å². The molecule has 0 aromatic heterocycles. The van der Waals surface area contributed by atoms with Crippen molar-refractivity contribution < 1.29 is 13.5 Å². The van der Waals surface area contributed by atoms with E-state index in [1.54, 1.807) is 4.31 Å². The first-order valence-corrected chi connectivity index (χ1v) is 9.32. The second-order valence-corrected chi connectivity index (χ2v) is 8.18. The van der Waals surface area contributed by atoms with Gasteiger partial charge in [-0.1, -0.05) is 19.8 Å². The van der Waals surface area contributed by atoms with E-state index in [1.165, 1.54) is 0 Å². The fraction of sp³-hybridized carbons (Fsp3) is 1.00. The summed E-state index contributed by atoms with van der Waals surface area (Å²) in [6.45, 7) is 4.08. The van der Waals surface area contributed by atoms with Crippen LogP contribution in [0.2, 0.25) is 0 Å². The Labute approximate surface area is 122 Å². The summed E-state index contributed by atoms with van der Waals surface area (Å²) in [7, 11) is -3.34. The lowest BCUT2D eigenvalue weighted by Crippen LogP contribution is -2.46. The number of nitrogens with one attached hydrogen (secondary N) is 1. The summed E-state index contributed by atoms with van der Waals surface area (Å²) in [6.07, 6.45) is 6.23. The van der Waals surface area contributed by atoms with Crippen molar-refractivity contribution in [1.82, 2.24) is 9.03 Å². The van der Waals surface area contributed by atoms with Gasteiger partial charge < -0.3 is 5.11 Å². The van der Waals surface area contributed by atoms with Gasteiger partial charge in [0.05, 0.1) is 0 Å². The third-order valence-electron chi connectivity index (χ3n) is 4.91. The molecule has 118 valence electrons. The number of rotatable bonds is 5. The quantitative estimate of drug-likeness (QED) is 0.805. The number of aliphatic hydroxyl groups is 1. The molecule has 1 heterocycles. The normalized spacial score (nSPS) is 30.5. The summed E-state index contributed by atoms with van der Waals surface area (Å²) in [5, 5.41) is 9.38. The second kappa shape index (κ2) is 7.20. The van der Waals surface area contributed by atoms with Crippen molar-refractivity contribution in [3.8, 4) is 0 Å². The first kappa shape index (κ1) is 16.2. The Balaban J connectivity index is 1.85. The lowest BCUT2D eigenvalue weighted by atomic mass is 9.80. The van der Waals surface area contributed by atoms with E-state index in [1.807, 2.05) is 0 Å². The molecule has 2 atom stereocenters. The van der Waals surface area contributed by atoms with E-state index in [0.717, 1.165) is 38.5 Å². The van der Waals surface area contributed by atoms with Crippen LogP contribution in [-0.2, 0) is 10.2 Å². The van der Waals surface area contributed by atoms with E-state index < -0.39 is 10.2 Å². The van der Waals surface area contributed by atoms with Gasteiger partial charge in [-0.15, -0.1) is 0 Å². The molecule has 2 unspecified atom stereocenters. The van der Waals surface area contributed by atoms with Gasteiger partial charge in [0.15, 0.2) is 0 Å². The summed E-state index contributed by atoms with van der Waals surface area (Å²) in [5.41, 5.74) is 0. The van der Waals surface area contributed by atoms with Crippen LogP contribution in [0.25, 0.3) is 0 Å². The maximum atomic E-state index is 12.3. The average molecular weight is 304 g/mol. The van der Waals surface area contributed by atoms with Gasteiger partial charge in [-0.25, -0.2) is 4.72 Å². The predicted molar refractivity (Wildman–Crippen MR) is 79.4 cm³/mol. The Hall–Kier alpha value is -0.170. The molecule has 0 aromatic carbocycles. The molecule has 2 fully saturated rings. The van der Waals surface area contributed by atoms with Crippen LogP contribution >= 0.6 is 0 Å². The van der Waals surface area contributed by atoms with Crippen LogP contribution in [0.4, 0.5) is 0 Å². The molecular formula is C14H28N2O3S. The fourth-order valence-corrected chi connectivity index (χ4v) is 4.62. The van der Waals surface area contributed by atoms with Crippen molar-refractivity contribution in [3.63, 3.8) is 0 Å². The monoisotopic (exact) mass is 304 g/mol. The maximum Gasteiger partial charge on any atom is 0.279 e. The van der Waals surface area contributed by atoms with Crippen LogP contribution in [-0.4, -0.2) is 44.1 Å². The minimum Gasteiger partial charge on any atom is -0.396 e. The van der Waals surface area contributed by atoms with E-state index in [4.69, 9.17) is 0 Å². The van der Waals surface area contributed by atoms with Crippen LogP contribution in [0.3, 0.4) is 0 Å². The lowest BCUT2D eigenvalue weighted by Gasteiger charge is -2.33. The second-order valence-electron chi connectivity index (χ2n) is 6.42. The molecule has 0 spiro atoms. The lowest BCUT2D eigenvalue weighted by molar-refractivity contribution is 0.136. The van der Waals surface area contributed by atoms with Gasteiger partial charge in [0, 0.05) is 26.2 Å². The van der Waals surface area contributed by atoms with Crippen LogP contribution in [0.15, 0.2) is 0 Å². The highest BCUT2D eigenvalue weighted by atomic mass is 32.2. The highest BCUT2D eigenvalue weighted by Gasteiger charge is 2.29. The van der Waals surface area contributed by atoms with E-state index in [-0.39, 0.29) is 18.4 Å². The molecule has 0 aromatic rings. The van der Waals surface area contributed by atoms with Crippen LogP contribution < -0.4 is 4.72 Å². The molecule has 0 bridgehead atoms. The first-order valence-electron chi connectivity index (χ1n) is 7.88. The first-order chi connectivity index (χ1) is 9.53.